The van der Waals surface area contributed by atoms with E-state index in [4.69, 9.17) is 39.5 Å². The van der Waals surface area contributed by atoms with Crippen LogP contribution in [0.25, 0.3) is 0 Å². The van der Waals surface area contributed by atoms with Gasteiger partial charge in [-0.15, -0.1) is 0 Å². The minimum Gasteiger partial charge on any atom is -0.480 e. The third-order valence-electron chi connectivity index (χ3n) is 5.16. The summed E-state index contributed by atoms with van der Waals surface area (Å²) in [7, 11) is -7.07. The quantitative estimate of drug-likeness (QED) is 0.0970. The van der Waals surface area contributed by atoms with Crippen LogP contribution in [-0.2, 0) is 39.1 Å². The summed E-state index contributed by atoms with van der Waals surface area (Å²) in [6.45, 7) is 4.22. The molecule has 1 rings (SSSR count). The topological polar surface area (TPSA) is 232 Å². The van der Waals surface area contributed by atoms with Gasteiger partial charge in [-0.2, -0.15) is 0 Å². The van der Waals surface area contributed by atoms with Crippen molar-refractivity contribution in [2.75, 3.05) is 25.5 Å². The number of nitrogens with one attached hydrogen (secondary N) is 1. The standard InChI is InChI=1S/C14H20NO7P.C10H22NO5P/c16-13(17)12(8-4-5-9-23(19,20)21)15-14(18)22-10-11-6-2-1-3-7-11;1-3-15-17(14,16-4-2)8-6-5-7-9(11)10(12)13/h1-3,6-7,12H,4-5,8-10H2,(H,15,18)(H,16,17)(H2,19,20,21);9H,3-8,11H2,1-2H3,(H,12,13)/t12-;9-/m00/s1. The maximum absolute atomic E-state index is 12.0. The second-order valence-corrected chi connectivity index (χ2v) is 12.6. The van der Waals surface area contributed by atoms with Crippen LogP contribution >= 0.6 is 15.2 Å². The summed E-state index contributed by atoms with van der Waals surface area (Å²) in [4.78, 5) is 50.6. The summed E-state index contributed by atoms with van der Waals surface area (Å²) in [6, 6.07) is 6.93. The number of rotatable bonds is 19. The number of carboxylic acids is 2. The van der Waals surface area contributed by atoms with E-state index < -0.39 is 45.3 Å². The number of carbonyl (C=O) groups excluding carboxylic acids is 1. The summed E-state index contributed by atoms with van der Waals surface area (Å²) in [6.07, 6.45) is 1.20. The fraction of sp³-hybridized carbons (Fsp3) is 0.625. The summed E-state index contributed by atoms with van der Waals surface area (Å²) < 4.78 is 37.8. The molecule has 0 saturated carbocycles. The highest BCUT2D eigenvalue weighted by Crippen LogP contribution is 2.48. The van der Waals surface area contributed by atoms with Gasteiger partial charge in [0, 0.05) is 6.16 Å². The van der Waals surface area contributed by atoms with Crippen molar-refractivity contribution in [3.63, 3.8) is 0 Å². The van der Waals surface area contributed by atoms with E-state index in [2.05, 4.69) is 5.32 Å². The number of ether oxygens (including phenoxy) is 1. The number of unbranched alkanes of at least 4 members (excludes halogenated alkanes) is 2. The molecule has 0 unspecified atom stereocenters. The molecule has 0 heterocycles. The molecule has 0 aliphatic rings. The second kappa shape index (κ2) is 20.5. The summed E-state index contributed by atoms with van der Waals surface area (Å²) in [5.74, 6) is -2.24. The highest BCUT2D eigenvalue weighted by atomic mass is 31.2. The summed E-state index contributed by atoms with van der Waals surface area (Å²) >= 11 is 0. The first kappa shape index (κ1) is 37.7. The molecule has 1 amide bonds. The molecular formula is C24H42N2O12P2. The zero-order valence-electron chi connectivity index (χ0n) is 22.8. The number of alkyl carbamates (subject to hydrolysis) is 1. The Bertz CT molecular complexity index is 964. The number of aliphatic carboxylic acids is 2. The van der Waals surface area contributed by atoms with Crippen LogP contribution in [-0.4, -0.2) is 75.7 Å². The van der Waals surface area contributed by atoms with Gasteiger partial charge in [-0.3, -0.25) is 13.9 Å². The molecule has 2 atom stereocenters. The van der Waals surface area contributed by atoms with Crippen molar-refractivity contribution in [2.45, 2.75) is 71.1 Å². The maximum Gasteiger partial charge on any atom is 0.408 e. The molecule has 0 saturated heterocycles. The highest BCUT2D eigenvalue weighted by Gasteiger charge is 2.23. The van der Waals surface area contributed by atoms with Crippen molar-refractivity contribution in [1.82, 2.24) is 5.32 Å². The SMILES string of the molecule is CCOP(=O)(CCCC[C@H](N)C(=O)O)OCC.O=C(N[C@@H](CCCCP(=O)(O)O)C(=O)O)OCc1ccccc1. The van der Waals surface area contributed by atoms with Crippen molar-refractivity contribution in [3.8, 4) is 0 Å². The van der Waals surface area contributed by atoms with E-state index in [9.17, 15) is 23.5 Å². The van der Waals surface area contributed by atoms with E-state index in [0.29, 0.717) is 38.6 Å². The first-order valence-corrected chi connectivity index (χ1v) is 16.4. The Morgan fingerprint density at radius 1 is 0.875 bits per heavy atom. The van der Waals surface area contributed by atoms with Crippen molar-refractivity contribution in [2.24, 2.45) is 5.73 Å². The van der Waals surface area contributed by atoms with Crippen LogP contribution in [0.2, 0.25) is 0 Å². The fourth-order valence-corrected chi connectivity index (χ4v) is 5.55. The van der Waals surface area contributed by atoms with E-state index >= 15 is 0 Å². The van der Waals surface area contributed by atoms with Gasteiger partial charge in [0.05, 0.1) is 19.4 Å². The van der Waals surface area contributed by atoms with Gasteiger partial charge in [-0.25, -0.2) is 9.59 Å². The Morgan fingerprint density at radius 3 is 1.93 bits per heavy atom. The van der Waals surface area contributed by atoms with Gasteiger partial charge in [0.2, 0.25) is 0 Å². The normalized spacial score (nSPS) is 12.9. The molecule has 0 spiro atoms. The zero-order chi connectivity index (χ0) is 30.6. The Kier molecular flexibility index (Phi) is 19.4. The molecule has 230 valence electrons. The van der Waals surface area contributed by atoms with Crippen LogP contribution in [0.4, 0.5) is 4.79 Å². The van der Waals surface area contributed by atoms with Crippen molar-refractivity contribution in [1.29, 1.82) is 0 Å². The number of hydrogen-bond donors (Lipinski definition) is 6. The van der Waals surface area contributed by atoms with Crippen LogP contribution in [0.1, 0.15) is 57.9 Å². The van der Waals surface area contributed by atoms with Gasteiger partial charge in [0.15, 0.2) is 0 Å². The molecule has 1 aromatic rings. The number of carboxylic acid groups (broad SMARTS) is 2. The van der Waals surface area contributed by atoms with E-state index in [0.717, 1.165) is 5.56 Å². The second-order valence-electron chi connectivity index (χ2n) is 8.59. The van der Waals surface area contributed by atoms with Crippen LogP contribution in [0.5, 0.6) is 0 Å². The van der Waals surface area contributed by atoms with Gasteiger partial charge in [-0.05, 0) is 45.1 Å². The zero-order valence-corrected chi connectivity index (χ0v) is 24.6. The third kappa shape index (κ3) is 19.7. The fourth-order valence-electron chi connectivity index (χ4n) is 3.18. The van der Waals surface area contributed by atoms with Gasteiger partial charge in [0.1, 0.15) is 18.7 Å². The van der Waals surface area contributed by atoms with E-state index in [1.165, 1.54) is 0 Å². The maximum atomic E-state index is 12.0. The monoisotopic (exact) mass is 612 g/mol. The van der Waals surface area contributed by atoms with Gasteiger partial charge in [-0.1, -0.05) is 43.2 Å². The molecular weight excluding hydrogens is 570 g/mol. The average Bonchev–Trinajstić information content (AvgIpc) is 2.87. The third-order valence-corrected chi connectivity index (χ3v) is 8.23. The number of nitrogens with two attached hydrogens (primary N) is 1. The molecule has 0 aliphatic heterocycles. The van der Waals surface area contributed by atoms with Gasteiger partial charge in [0.25, 0.3) is 0 Å². The van der Waals surface area contributed by atoms with Crippen LogP contribution in [0.3, 0.4) is 0 Å². The predicted molar refractivity (Wildman–Crippen MR) is 147 cm³/mol. The molecule has 7 N–H and O–H groups in total. The smallest absolute Gasteiger partial charge is 0.408 e. The number of benzene rings is 1. The molecule has 14 nitrogen and oxygen atoms in total. The molecule has 0 aliphatic carbocycles. The van der Waals surface area contributed by atoms with Crippen LogP contribution in [0.15, 0.2) is 30.3 Å². The molecule has 0 radical (unpaired) electrons. The van der Waals surface area contributed by atoms with E-state index in [1.807, 2.05) is 6.07 Å². The average molecular weight is 613 g/mol. The number of hydrogen-bond acceptors (Lipinski definition) is 9. The highest BCUT2D eigenvalue weighted by molar-refractivity contribution is 7.53. The van der Waals surface area contributed by atoms with Crippen molar-refractivity contribution in [3.05, 3.63) is 35.9 Å². The lowest BCUT2D eigenvalue weighted by atomic mass is 10.1. The molecule has 0 bridgehead atoms. The Labute approximate surface area is 234 Å². The first-order chi connectivity index (χ1) is 18.7. The first-order valence-electron chi connectivity index (χ1n) is 12.8. The minimum atomic E-state index is -4.08. The lowest BCUT2D eigenvalue weighted by molar-refractivity contribution is -0.140. The Hall–Kier alpha value is -2.31. The summed E-state index contributed by atoms with van der Waals surface area (Å²) in [5.41, 5.74) is 6.13. The van der Waals surface area contributed by atoms with E-state index in [-0.39, 0.29) is 32.0 Å². The largest absolute Gasteiger partial charge is 0.480 e. The van der Waals surface area contributed by atoms with Crippen molar-refractivity contribution < 1.29 is 57.3 Å². The predicted octanol–water partition coefficient (Wildman–Crippen LogP) is 3.55. The van der Waals surface area contributed by atoms with Gasteiger partial charge < -0.3 is 44.8 Å². The van der Waals surface area contributed by atoms with Gasteiger partial charge >= 0.3 is 33.2 Å². The number of carbonyl (C=O) groups is 3. The van der Waals surface area contributed by atoms with Crippen LogP contribution in [0, 0.1) is 0 Å². The molecule has 0 fully saturated rings. The molecule has 40 heavy (non-hydrogen) atoms. The molecule has 1 aromatic carbocycles. The van der Waals surface area contributed by atoms with Crippen molar-refractivity contribution >= 4 is 33.2 Å². The molecule has 16 heteroatoms. The number of amides is 1. The lowest BCUT2D eigenvalue weighted by Gasteiger charge is -2.16. The lowest BCUT2D eigenvalue weighted by Crippen LogP contribution is -2.41. The van der Waals surface area contributed by atoms with Crippen LogP contribution < -0.4 is 11.1 Å². The Morgan fingerprint density at radius 2 is 1.43 bits per heavy atom. The minimum absolute atomic E-state index is 0.0250. The Balaban J connectivity index is 0.000000799. The molecule has 0 aromatic heterocycles. The summed E-state index contributed by atoms with van der Waals surface area (Å²) in [5, 5.41) is 19.9. The van der Waals surface area contributed by atoms with E-state index in [1.54, 1.807) is 38.1 Å².